The summed E-state index contributed by atoms with van der Waals surface area (Å²) in [5.41, 5.74) is 1.94. The monoisotopic (exact) mass is 331 g/mol. The Balaban J connectivity index is 3.11. The second kappa shape index (κ2) is 6.48. The van der Waals surface area contributed by atoms with Crippen molar-refractivity contribution in [3.63, 3.8) is 0 Å². The lowest BCUT2D eigenvalue weighted by Gasteiger charge is -2.16. The van der Waals surface area contributed by atoms with Gasteiger partial charge in [0.25, 0.3) is 0 Å². The molecule has 0 fully saturated rings. The molecule has 0 aromatic heterocycles. The quantitative estimate of drug-likeness (QED) is 0.589. The molecular formula is C11H11F6N3S. The van der Waals surface area contributed by atoms with Gasteiger partial charge >= 0.3 is 12.4 Å². The van der Waals surface area contributed by atoms with Gasteiger partial charge in [-0.05, 0) is 30.4 Å². The zero-order chi connectivity index (χ0) is 16.3. The van der Waals surface area contributed by atoms with Crippen LogP contribution in [-0.4, -0.2) is 18.2 Å². The SMILES string of the molecule is NCCNC(=S)Nc1cc(C(F)(F)F)cc(C(F)(F)F)c1. The van der Waals surface area contributed by atoms with Crippen LogP contribution in [0.3, 0.4) is 0 Å². The molecule has 0 saturated heterocycles. The van der Waals surface area contributed by atoms with Gasteiger partial charge in [0, 0.05) is 18.8 Å². The molecule has 10 heteroatoms. The summed E-state index contributed by atoms with van der Waals surface area (Å²) in [4.78, 5) is 0. The minimum absolute atomic E-state index is 0.0432. The van der Waals surface area contributed by atoms with E-state index in [0.29, 0.717) is 12.1 Å². The molecule has 0 atom stereocenters. The topological polar surface area (TPSA) is 50.1 Å². The Kier molecular flexibility index (Phi) is 5.40. The fraction of sp³-hybridized carbons (Fsp3) is 0.364. The van der Waals surface area contributed by atoms with Gasteiger partial charge in [0.1, 0.15) is 0 Å². The molecule has 1 aromatic rings. The Morgan fingerprint density at radius 1 is 1.00 bits per heavy atom. The first-order valence-corrected chi connectivity index (χ1v) is 5.99. The van der Waals surface area contributed by atoms with E-state index in [-0.39, 0.29) is 24.3 Å². The zero-order valence-corrected chi connectivity index (χ0v) is 11.2. The smallest absolute Gasteiger partial charge is 0.361 e. The average molecular weight is 331 g/mol. The van der Waals surface area contributed by atoms with Gasteiger partial charge in [-0.3, -0.25) is 0 Å². The summed E-state index contributed by atoms with van der Waals surface area (Å²) in [7, 11) is 0. The van der Waals surface area contributed by atoms with Crippen LogP contribution in [0.2, 0.25) is 0 Å². The van der Waals surface area contributed by atoms with E-state index >= 15 is 0 Å². The Hall–Kier alpha value is -1.55. The Morgan fingerprint density at radius 2 is 1.48 bits per heavy atom. The highest BCUT2D eigenvalue weighted by atomic mass is 32.1. The Bertz CT molecular complexity index is 479. The zero-order valence-electron chi connectivity index (χ0n) is 10.4. The van der Waals surface area contributed by atoms with Crippen LogP contribution in [0.25, 0.3) is 0 Å². The molecule has 0 amide bonds. The molecule has 118 valence electrons. The number of hydrogen-bond donors (Lipinski definition) is 3. The summed E-state index contributed by atoms with van der Waals surface area (Å²) < 4.78 is 75.7. The van der Waals surface area contributed by atoms with E-state index in [1.54, 1.807) is 0 Å². The number of thiocarbonyl (C=S) groups is 1. The number of anilines is 1. The summed E-state index contributed by atoms with van der Waals surface area (Å²) >= 11 is 4.73. The van der Waals surface area contributed by atoms with E-state index in [1.165, 1.54) is 0 Å². The van der Waals surface area contributed by atoms with Crippen molar-refractivity contribution in [2.45, 2.75) is 12.4 Å². The van der Waals surface area contributed by atoms with Crippen LogP contribution < -0.4 is 16.4 Å². The van der Waals surface area contributed by atoms with Crippen molar-refractivity contribution in [3.05, 3.63) is 29.3 Å². The maximum Gasteiger partial charge on any atom is 0.416 e. The Morgan fingerprint density at radius 3 is 1.86 bits per heavy atom. The van der Waals surface area contributed by atoms with Crippen molar-refractivity contribution in [2.24, 2.45) is 5.73 Å². The van der Waals surface area contributed by atoms with Crippen LogP contribution in [0, 0.1) is 0 Å². The van der Waals surface area contributed by atoms with Crippen LogP contribution in [0.15, 0.2) is 18.2 Å². The van der Waals surface area contributed by atoms with E-state index in [2.05, 4.69) is 10.6 Å². The first-order valence-electron chi connectivity index (χ1n) is 5.58. The van der Waals surface area contributed by atoms with Gasteiger partial charge in [-0.15, -0.1) is 0 Å². The number of alkyl halides is 6. The molecule has 0 heterocycles. The highest BCUT2D eigenvalue weighted by molar-refractivity contribution is 7.80. The van der Waals surface area contributed by atoms with Gasteiger partial charge < -0.3 is 16.4 Å². The molecule has 21 heavy (non-hydrogen) atoms. The van der Waals surface area contributed by atoms with Crippen LogP contribution in [0.1, 0.15) is 11.1 Å². The van der Waals surface area contributed by atoms with Crippen molar-refractivity contribution >= 4 is 23.0 Å². The summed E-state index contributed by atoms with van der Waals surface area (Å²) in [6.07, 6.45) is -9.80. The molecule has 3 nitrogen and oxygen atoms in total. The third-order valence-electron chi connectivity index (χ3n) is 2.28. The van der Waals surface area contributed by atoms with Crippen molar-refractivity contribution in [3.8, 4) is 0 Å². The number of rotatable bonds is 3. The lowest BCUT2D eigenvalue weighted by Crippen LogP contribution is -2.32. The minimum Gasteiger partial charge on any atom is -0.361 e. The molecule has 0 aliphatic carbocycles. The standard InChI is InChI=1S/C11H11F6N3S/c12-10(13,14)6-3-7(11(15,16)17)5-8(4-6)20-9(21)19-2-1-18/h3-5H,1-2,18H2,(H2,19,20,21). The predicted molar refractivity (Wildman–Crippen MR) is 69.7 cm³/mol. The second-order valence-electron chi connectivity index (χ2n) is 3.96. The molecule has 0 spiro atoms. The molecule has 1 aromatic carbocycles. The lowest BCUT2D eigenvalue weighted by molar-refractivity contribution is -0.143. The van der Waals surface area contributed by atoms with Gasteiger partial charge in [0.2, 0.25) is 0 Å². The number of halogens is 6. The van der Waals surface area contributed by atoms with Gasteiger partial charge in [-0.2, -0.15) is 26.3 Å². The van der Waals surface area contributed by atoms with Crippen LogP contribution in [0.4, 0.5) is 32.0 Å². The summed E-state index contributed by atoms with van der Waals surface area (Å²) in [5.74, 6) is 0. The molecular weight excluding hydrogens is 320 g/mol. The van der Waals surface area contributed by atoms with E-state index in [4.69, 9.17) is 18.0 Å². The first-order chi connectivity index (χ1) is 9.54. The molecule has 0 bridgehead atoms. The van der Waals surface area contributed by atoms with Crippen LogP contribution >= 0.6 is 12.2 Å². The first kappa shape index (κ1) is 17.5. The van der Waals surface area contributed by atoms with Crippen molar-refractivity contribution < 1.29 is 26.3 Å². The fourth-order valence-corrected chi connectivity index (χ4v) is 1.61. The van der Waals surface area contributed by atoms with E-state index in [0.717, 1.165) is 0 Å². The summed E-state index contributed by atoms with van der Waals surface area (Å²) in [6, 6.07) is 1.14. The third kappa shape index (κ3) is 5.38. The van der Waals surface area contributed by atoms with Crippen LogP contribution in [-0.2, 0) is 12.4 Å². The van der Waals surface area contributed by atoms with Gasteiger partial charge in [-0.25, -0.2) is 0 Å². The molecule has 0 saturated carbocycles. The molecule has 0 radical (unpaired) electrons. The summed E-state index contributed by atoms with van der Waals surface area (Å²) in [6.45, 7) is 0.440. The number of benzene rings is 1. The van der Waals surface area contributed by atoms with Gasteiger partial charge in [-0.1, -0.05) is 0 Å². The maximum absolute atomic E-state index is 12.6. The lowest BCUT2D eigenvalue weighted by atomic mass is 10.1. The number of nitrogens with one attached hydrogen (secondary N) is 2. The number of nitrogens with two attached hydrogens (primary N) is 1. The van der Waals surface area contributed by atoms with Crippen LogP contribution in [0.5, 0.6) is 0 Å². The molecule has 0 aliphatic rings. The second-order valence-corrected chi connectivity index (χ2v) is 4.37. The fourth-order valence-electron chi connectivity index (χ4n) is 1.39. The largest absolute Gasteiger partial charge is 0.416 e. The van der Waals surface area contributed by atoms with Crippen molar-refractivity contribution in [1.82, 2.24) is 5.32 Å². The van der Waals surface area contributed by atoms with Gasteiger partial charge in [0.15, 0.2) is 5.11 Å². The molecule has 0 aliphatic heterocycles. The highest BCUT2D eigenvalue weighted by Crippen LogP contribution is 2.37. The predicted octanol–water partition coefficient (Wildman–Crippen LogP) is 2.97. The third-order valence-corrected chi connectivity index (χ3v) is 2.52. The Labute approximate surface area is 121 Å². The highest BCUT2D eigenvalue weighted by Gasteiger charge is 2.36. The van der Waals surface area contributed by atoms with E-state index < -0.39 is 29.2 Å². The van der Waals surface area contributed by atoms with Gasteiger partial charge in [0.05, 0.1) is 11.1 Å². The molecule has 4 N–H and O–H groups in total. The van der Waals surface area contributed by atoms with Crippen molar-refractivity contribution in [2.75, 3.05) is 18.4 Å². The van der Waals surface area contributed by atoms with E-state index in [1.807, 2.05) is 0 Å². The normalized spacial score (nSPS) is 12.1. The van der Waals surface area contributed by atoms with Crippen molar-refractivity contribution in [1.29, 1.82) is 0 Å². The number of hydrogen-bond acceptors (Lipinski definition) is 2. The average Bonchev–Trinajstić information content (AvgIpc) is 2.34. The summed E-state index contributed by atoms with van der Waals surface area (Å²) in [5, 5.41) is 4.68. The minimum atomic E-state index is -4.90. The van der Waals surface area contributed by atoms with E-state index in [9.17, 15) is 26.3 Å². The molecule has 1 rings (SSSR count). The maximum atomic E-state index is 12.6. The molecule has 0 unspecified atom stereocenters.